The van der Waals surface area contributed by atoms with Crippen molar-refractivity contribution in [1.82, 2.24) is 25.1 Å². The lowest BCUT2D eigenvalue weighted by Crippen LogP contribution is -2.63. The number of likely N-dealkylation sites (N-methyl/N-ethyl adjacent to an activating group) is 1. The molecule has 2 aromatic heterocycles. The molecule has 1 aliphatic heterocycles. The molecule has 3 amide bonds. The molecule has 170 valence electrons. The summed E-state index contributed by atoms with van der Waals surface area (Å²) in [6.07, 6.45) is 4.92. The first-order valence-corrected chi connectivity index (χ1v) is 11.3. The number of hydrogen-bond donors (Lipinski definition) is 2. The van der Waals surface area contributed by atoms with Gasteiger partial charge in [0.2, 0.25) is 5.91 Å². The SMILES string of the molecule is CNC(=O)C1CN(Cc2ccc3c(N)ncnc3c2)C(=O)C(=O)N1C/C=C/c1ccc(Cl)s1. The van der Waals surface area contributed by atoms with Crippen LogP contribution in [0.25, 0.3) is 17.0 Å². The maximum atomic E-state index is 12.9. The van der Waals surface area contributed by atoms with E-state index < -0.39 is 17.9 Å². The first kappa shape index (κ1) is 22.7. The highest BCUT2D eigenvalue weighted by molar-refractivity contribution is 7.16. The molecule has 9 nitrogen and oxygen atoms in total. The molecule has 3 N–H and O–H groups in total. The van der Waals surface area contributed by atoms with Gasteiger partial charge in [-0.25, -0.2) is 9.97 Å². The Labute approximate surface area is 198 Å². The molecule has 1 atom stereocenters. The Morgan fingerprint density at radius 3 is 2.82 bits per heavy atom. The summed E-state index contributed by atoms with van der Waals surface area (Å²) in [5, 5.41) is 3.29. The number of carbonyl (C=O) groups is 3. The number of benzene rings is 1. The number of anilines is 1. The lowest BCUT2D eigenvalue weighted by molar-refractivity contribution is -0.161. The average Bonchev–Trinajstić information content (AvgIpc) is 3.22. The molecular formula is C22H21ClN6O3S. The molecule has 1 aliphatic rings. The van der Waals surface area contributed by atoms with Gasteiger partial charge in [0.05, 0.1) is 16.4 Å². The van der Waals surface area contributed by atoms with Gasteiger partial charge in [0, 0.05) is 30.4 Å². The molecular weight excluding hydrogens is 464 g/mol. The van der Waals surface area contributed by atoms with Crippen LogP contribution in [0.4, 0.5) is 5.82 Å². The second-order valence-corrected chi connectivity index (χ2v) is 9.17. The molecule has 11 heteroatoms. The number of nitrogen functional groups attached to an aromatic ring is 1. The highest BCUT2D eigenvalue weighted by atomic mass is 35.5. The van der Waals surface area contributed by atoms with Crippen LogP contribution in [0.2, 0.25) is 4.34 Å². The highest BCUT2D eigenvalue weighted by Crippen LogP contribution is 2.23. The van der Waals surface area contributed by atoms with Crippen molar-refractivity contribution in [3.05, 3.63) is 57.5 Å². The standard InChI is InChI=1S/C22H21ClN6O3S/c1-25-20(30)17-11-28(10-13-4-6-15-16(9-13)26-12-27-19(15)24)21(31)22(32)29(17)8-2-3-14-5-7-18(23)33-14/h2-7,9,12,17H,8,10-11H2,1H3,(H,25,30)(H2,24,26,27)/b3-2+. The van der Waals surface area contributed by atoms with Gasteiger partial charge in [0.15, 0.2) is 0 Å². The van der Waals surface area contributed by atoms with Crippen LogP contribution < -0.4 is 11.1 Å². The molecule has 1 unspecified atom stereocenters. The molecule has 0 saturated carbocycles. The third-order valence-corrected chi connectivity index (χ3v) is 6.53. The van der Waals surface area contributed by atoms with Crippen LogP contribution in [-0.4, -0.2) is 63.7 Å². The maximum absolute atomic E-state index is 12.9. The molecule has 0 spiro atoms. The van der Waals surface area contributed by atoms with Gasteiger partial charge in [-0.3, -0.25) is 14.4 Å². The summed E-state index contributed by atoms with van der Waals surface area (Å²) in [6, 6.07) is 8.19. The van der Waals surface area contributed by atoms with Crippen LogP contribution in [0, 0.1) is 0 Å². The van der Waals surface area contributed by atoms with E-state index >= 15 is 0 Å². The fourth-order valence-electron chi connectivity index (χ4n) is 3.67. The highest BCUT2D eigenvalue weighted by Gasteiger charge is 2.41. The van der Waals surface area contributed by atoms with Gasteiger partial charge in [0.25, 0.3) is 0 Å². The predicted molar refractivity (Wildman–Crippen MR) is 127 cm³/mol. The van der Waals surface area contributed by atoms with Crippen LogP contribution in [0.15, 0.2) is 42.7 Å². The molecule has 3 heterocycles. The molecule has 1 fully saturated rings. The van der Waals surface area contributed by atoms with E-state index in [0.29, 0.717) is 21.1 Å². The van der Waals surface area contributed by atoms with Crippen molar-refractivity contribution in [2.24, 2.45) is 0 Å². The minimum atomic E-state index is -0.810. The Balaban J connectivity index is 1.53. The molecule has 0 aliphatic carbocycles. The largest absolute Gasteiger partial charge is 0.383 e. The predicted octanol–water partition coefficient (Wildman–Crippen LogP) is 1.93. The molecule has 0 bridgehead atoms. The Kier molecular flexibility index (Phi) is 6.57. The van der Waals surface area contributed by atoms with E-state index in [1.165, 1.54) is 34.5 Å². The van der Waals surface area contributed by atoms with E-state index in [9.17, 15) is 14.4 Å². The average molecular weight is 485 g/mol. The second-order valence-electron chi connectivity index (χ2n) is 7.43. The third-order valence-electron chi connectivity index (χ3n) is 5.33. The first-order valence-electron chi connectivity index (χ1n) is 10.1. The summed E-state index contributed by atoms with van der Waals surface area (Å²) in [5.74, 6) is -1.36. The Hall–Kier alpha value is -3.50. The molecule has 33 heavy (non-hydrogen) atoms. The lowest BCUT2D eigenvalue weighted by Gasteiger charge is -2.39. The van der Waals surface area contributed by atoms with E-state index in [2.05, 4.69) is 15.3 Å². The molecule has 0 radical (unpaired) electrons. The van der Waals surface area contributed by atoms with Crippen molar-refractivity contribution in [3.63, 3.8) is 0 Å². The monoisotopic (exact) mass is 484 g/mol. The minimum Gasteiger partial charge on any atom is -0.383 e. The zero-order valence-electron chi connectivity index (χ0n) is 17.7. The summed E-state index contributed by atoms with van der Waals surface area (Å²) in [5.41, 5.74) is 7.27. The second kappa shape index (κ2) is 9.55. The van der Waals surface area contributed by atoms with Crippen molar-refractivity contribution >= 4 is 63.5 Å². The van der Waals surface area contributed by atoms with E-state index in [4.69, 9.17) is 17.3 Å². The van der Waals surface area contributed by atoms with Crippen molar-refractivity contribution in [2.45, 2.75) is 12.6 Å². The molecule has 1 saturated heterocycles. The first-order chi connectivity index (χ1) is 15.9. The number of amides is 3. The van der Waals surface area contributed by atoms with E-state index in [0.717, 1.165) is 10.4 Å². The number of nitrogens with one attached hydrogen (secondary N) is 1. The van der Waals surface area contributed by atoms with Gasteiger partial charge >= 0.3 is 11.8 Å². The van der Waals surface area contributed by atoms with Crippen molar-refractivity contribution in [3.8, 4) is 0 Å². The number of carbonyl (C=O) groups excluding carboxylic acids is 3. The van der Waals surface area contributed by atoms with Crippen molar-refractivity contribution in [2.75, 3.05) is 25.9 Å². The third kappa shape index (κ3) is 4.81. The number of halogens is 1. The van der Waals surface area contributed by atoms with Crippen LogP contribution in [0.1, 0.15) is 10.4 Å². The van der Waals surface area contributed by atoms with Crippen molar-refractivity contribution in [1.29, 1.82) is 0 Å². The number of aromatic nitrogens is 2. The van der Waals surface area contributed by atoms with Gasteiger partial charge < -0.3 is 20.9 Å². The fourth-order valence-corrected chi connectivity index (χ4v) is 4.66. The van der Waals surface area contributed by atoms with Crippen LogP contribution in [0.3, 0.4) is 0 Å². The summed E-state index contributed by atoms with van der Waals surface area (Å²) >= 11 is 7.33. The van der Waals surface area contributed by atoms with E-state index in [1.54, 1.807) is 30.3 Å². The van der Waals surface area contributed by atoms with Gasteiger partial charge in [0.1, 0.15) is 18.2 Å². The normalized spacial score (nSPS) is 16.7. The summed E-state index contributed by atoms with van der Waals surface area (Å²) in [7, 11) is 1.50. The fraction of sp³-hybridized carbons (Fsp3) is 0.227. The van der Waals surface area contributed by atoms with Gasteiger partial charge in [-0.05, 0) is 35.9 Å². The Morgan fingerprint density at radius 1 is 1.27 bits per heavy atom. The number of piperazine rings is 1. The van der Waals surface area contributed by atoms with Crippen molar-refractivity contribution < 1.29 is 14.4 Å². The Bertz CT molecular complexity index is 1260. The van der Waals surface area contributed by atoms with Gasteiger partial charge in [-0.1, -0.05) is 23.7 Å². The minimum absolute atomic E-state index is 0.0763. The zero-order valence-corrected chi connectivity index (χ0v) is 19.3. The number of nitrogens with zero attached hydrogens (tertiary/aromatic N) is 4. The number of hydrogen-bond acceptors (Lipinski definition) is 7. The number of rotatable bonds is 6. The Morgan fingerprint density at radius 2 is 2.09 bits per heavy atom. The molecule has 1 aromatic carbocycles. The summed E-state index contributed by atoms with van der Waals surface area (Å²) in [4.78, 5) is 50.1. The zero-order chi connectivity index (χ0) is 23.5. The molecule has 3 aromatic rings. The van der Waals surface area contributed by atoms with E-state index in [1.807, 2.05) is 12.1 Å². The number of fused-ring (bicyclic) bond motifs is 1. The summed E-state index contributed by atoms with van der Waals surface area (Å²) < 4.78 is 0.653. The summed E-state index contributed by atoms with van der Waals surface area (Å²) in [6.45, 7) is 0.361. The van der Waals surface area contributed by atoms with E-state index in [-0.39, 0.29) is 25.5 Å². The van der Waals surface area contributed by atoms with Gasteiger partial charge in [-0.2, -0.15) is 0 Å². The number of thiophene rings is 1. The lowest BCUT2D eigenvalue weighted by atomic mass is 10.1. The van der Waals surface area contributed by atoms with Crippen LogP contribution in [0.5, 0.6) is 0 Å². The molecule has 4 rings (SSSR count). The maximum Gasteiger partial charge on any atom is 0.313 e. The number of nitrogens with two attached hydrogens (primary N) is 1. The smallest absolute Gasteiger partial charge is 0.313 e. The van der Waals surface area contributed by atoms with Crippen LogP contribution >= 0.6 is 22.9 Å². The quantitative estimate of drug-likeness (QED) is 0.515. The topological polar surface area (TPSA) is 122 Å². The van der Waals surface area contributed by atoms with Gasteiger partial charge in [-0.15, -0.1) is 11.3 Å². The van der Waals surface area contributed by atoms with Crippen LogP contribution in [-0.2, 0) is 20.9 Å².